The molecule has 4 aromatic carbocycles. The van der Waals surface area contributed by atoms with Gasteiger partial charge in [-0.25, -0.2) is 4.68 Å². The van der Waals surface area contributed by atoms with Crippen LogP contribution in [0.4, 0.5) is 0 Å². The zero-order valence-electron chi connectivity index (χ0n) is 19.2. The van der Waals surface area contributed by atoms with Gasteiger partial charge in [-0.1, -0.05) is 73.2 Å². The van der Waals surface area contributed by atoms with Gasteiger partial charge in [-0.3, -0.25) is 4.90 Å². The first kappa shape index (κ1) is 21.9. The van der Waals surface area contributed by atoms with Crippen LogP contribution in [0.1, 0.15) is 37.4 Å². The van der Waals surface area contributed by atoms with Crippen LogP contribution in [0, 0.1) is 0 Å². The molecule has 0 aliphatic carbocycles. The molecule has 1 aromatic heterocycles. The van der Waals surface area contributed by atoms with Gasteiger partial charge in [0.15, 0.2) is 0 Å². The van der Waals surface area contributed by atoms with Gasteiger partial charge in [0.25, 0.3) is 9.41 Å². The predicted molar refractivity (Wildman–Crippen MR) is 137 cm³/mol. The summed E-state index contributed by atoms with van der Waals surface area (Å²) in [6.07, 6.45) is 5.40. The van der Waals surface area contributed by atoms with E-state index in [0.29, 0.717) is 6.54 Å². The molecule has 168 valence electrons. The number of aromatic nitrogens is 3. The van der Waals surface area contributed by atoms with Crippen LogP contribution < -0.4 is 0 Å². The Morgan fingerprint density at radius 3 is 2.42 bits per heavy atom. The van der Waals surface area contributed by atoms with Crippen LogP contribution in [0.15, 0.2) is 60.8 Å². The van der Waals surface area contributed by atoms with Crippen LogP contribution in [-0.4, -0.2) is 42.4 Å². The Kier molecular flexibility index (Phi) is 6.55. The highest BCUT2D eigenvalue weighted by atomic mass is 28.2. The summed E-state index contributed by atoms with van der Waals surface area (Å²) in [6.45, 7) is 5.74. The minimum Gasteiger partial charge on any atom is -0.392 e. The zero-order valence-corrected chi connectivity index (χ0v) is 20.4. The first-order valence-electron chi connectivity index (χ1n) is 12.0. The van der Waals surface area contributed by atoms with Crippen LogP contribution in [0.2, 0.25) is 6.04 Å². The van der Waals surface area contributed by atoms with E-state index in [1.165, 1.54) is 50.7 Å². The standard InChI is InChI=1S/C27H30N4OSi/c1-2-3-14-30(15-5-16-33-32)18-24-19-31(29-28-24)17-23-11-10-22-9-8-20-6-4-7-21-12-13-25(23)27(22)26(20)21/h4,6-13,19,33H,2-3,5,14-18H2,1H3. The molecule has 5 nitrogen and oxygen atoms in total. The van der Waals surface area contributed by atoms with E-state index in [1.807, 2.05) is 4.68 Å². The van der Waals surface area contributed by atoms with Crippen LogP contribution in [-0.2, 0) is 17.6 Å². The second-order valence-electron chi connectivity index (χ2n) is 8.93. The Labute approximate surface area is 196 Å². The molecule has 0 spiro atoms. The molecule has 0 aliphatic rings. The molecule has 1 heterocycles. The van der Waals surface area contributed by atoms with Gasteiger partial charge >= 0.3 is 0 Å². The molecule has 0 radical (unpaired) electrons. The lowest BCUT2D eigenvalue weighted by Crippen LogP contribution is -2.25. The average molecular weight is 455 g/mol. The van der Waals surface area contributed by atoms with Gasteiger partial charge in [0.2, 0.25) is 0 Å². The Balaban J connectivity index is 1.39. The Morgan fingerprint density at radius 2 is 1.64 bits per heavy atom. The molecule has 0 aliphatic heterocycles. The fourth-order valence-corrected chi connectivity index (χ4v) is 5.22. The quantitative estimate of drug-likeness (QED) is 0.152. The summed E-state index contributed by atoms with van der Waals surface area (Å²) in [6, 6.07) is 20.7. The van der Waals surface area contributed by atoms with Crippen molar-refractivity contribution in [1.29, 1.82) is 0 Å². The number of benzene rings is 4. The predicted octanol–water partition coefficient (Wildman–Crippen LogP) is 5.42. The lowest BCUT2D eigenvalue weighted by molar-refractivity contribution is 0.258. The minimum atomic E-state index is -0.652. The lowest BCUT2D eigenvalue weighted by atomic mass is 9.92. The maximum atomic E-state index is 10.9. The molecule has 0 fully saturated rings. The molecule has 0 saturated heterocycles. The minimum absolute atomic E-state index is 0.652. The zero-order chi connectivity index (χ0) is 22.6. The molecule has 0 saturated carbocycles. The van der Waals surface area contributed by atoms with Crippen LogP contribution >= 0.6 is 0 Å². The van der Waals surface area contributed by atoms with E-state index in [9.17, 15) is 4.46 Å². The SMILES string of the molecule is CCCCN(CCC[SiH]=O)Cc1cn(Cc2ccc3ccc4cccc5ccc2c3c45)nn1. The molecule has 0 amide bonds. The Bertz CT molecular complexity index is 1360. The summed E-state index contributed by atoms with van der Waals surface area (Å²) >= 11 is 0. The molecule has 0 N–H and O–H groups in total. The molecule has 5 rings (SSSR count). The van der Waals surface area contributed by atoms with Crippen molar-refractivity contribution >= 4 is 41.7 Å². The normalized spacial score (nSPS) is 11.9. The van der Waals surface area contributed by atoms with E-state index >= 15 is 0 Å². The smallest absolute Gasteiger partial charge is 0.261 e. The highest BCUT2D eigenvalue weighted by molar-refractivity contribution is 6.23. The largest absolute Gasteiger partial charge is 0.392 e. The molecule has 6 heteroatoms. The van der Waals surface area contributed by atoms with Crippen molar-refractivity contribution in [3.63, 3.8) is 0 Å². The van der Waals surface area contributed by atoms with Crippen molar-refractivity contribution in [3.05, 3.63) is 72.1 Å². The molecule has 33 heavy (non-hydrogen) atoms. The van der Waals surface area contributed by atoms with Crippen molar-refractivity contribution < 1.29 is 4.46 Å². The first-order chi connectivity index (χ1) is 16.3. The maximum Gasteiger partial charge on any atom is 0.261 e. The first-order valence-corrected chi connectivity index (χ1v) is 13.3. The number of unbranched alkanes of at least 4 members (excludes halogenated alkanes) is 1. The number of nitrogens with zero attached hydrogens (tertiary/aromatic N) is 4. The fraction of sp³-hybridized carbons (Fsp3) is 0.333. The molecule has 0 unspecified atom stereocenters. The van der Waals surface area contributed by atoms with Gasteiger partial charge in [-0.15, -0.1) is 5.10 Å². The molecule has 0 atom stereocenters. The molecule has 0 bridgehead atoms. The summed E-state index contributed by atoms with van der Waals surface area (Å²) < 4.78 is 12.9. The van der Waals surface area contributed by atoms with Crippen molar-refractivity contribution in [3.8, 4) is 0 Å². The van der Waals surface area contributed by atoms with Gasteiger partial charge in [-0.05, 0) is 69.9 Å². The number of hydrogen-bond acceptors (Lipinski definition) is 4. The van der Waals surface area contributed by atoms with E-state index in [2.05, 4.69) is 82.9 Å². The summed E-state index contributed by atoms with van der Waals surface area (Å²) in [7, 11) is -0.652. The van der Waals surface area contributed by atoms with Crippen LogP contribution in [0.25, 0.3) is 32.3 Å². The second-order valence-corrected chi connectivity index (χ2v) is 9.84. The second kappa shape index (κ2) is 9.89. The Morgan fingerprint density at radius 1 is 0.909 bits per heavy atom. The fourth-order valence-electron chi connectivity index (χ4n) is 4.88. The van der Waals surface area contributed by atoms with Crippen LogP contribution in [0.3, 0.4) is 0 Å². The van der Waals surface area contributed by atoms with Crippen molar-refractivity contribution in [1.82, 2.24) is 19.9 Å². The Hall–Kier alpha value is -2.96. The lowest BCUT2D eigenvalue weighted by Gasteiger charge is -2.20. The van der Waals surface area contributed by atoms with Gasteiger partial charge in [-0.2, -0.15) is 0 Å². The summed E-state index contributed by atoms with van der Waals surface area (Å²) in [4.78, 5) is 2.42. The summed E-state index contributed by atoms with van der Waals surface area (Å²) in [5, 5.41) is 16.7. The topological polar surface area (TPSA) is 51.0 Å². The molecule has 5 aromatic rings. The van der Waals surface area contributed by atoms with E-state index < -0.39 is 9.41 Å². The monoisotopic (exact) mass is 454 g/mol. The van der Waals surface area contributed by atoms with Gasteiger partial charge < -0.3 is 4.46 Å². The van der Waals surface area contributed by atoms with Gasteiger partial charge in [0.1, 0.15) is 0 Å². The number of hydrogen-bond donors (Lipinski definition) is 0. The highest BCUT2D eigenvalue weighted by Crippen LogP contribution is 2.36. The molecular formula is C27H30N4OSi. The average Bonchev–Trinajstić information content (AvgIpc) is 3.28. The van der Waals surface area contributed by atoms with Gasteiger partial charge in [0.05, 0.1) is 18.4 Å². The van der Waals surface area contributed by atoms with E-state index in [0.717, 1.165) is 37.8 Å². The third-order valence-corrected chi connectivity index (χ3v) is 7.19. The molecular weight excluding hydrogens is 424 g/mol. The third kappa shape index (κ3) is 4.59. The van der Waals surface area contributed by atoms with Gasteiger partial charge in [0, 0.05) is 6.54 Å². The van der Waals surface area contributed by atoms with E-state index in [4.69, 9.17) is 0 Å². The van der Waals surface area contributed by atoms with Crippen molar-refractivity contribution in [2.45, 2.75) is 45.3 Å². The van der Waals surface area contributed by atoms with E-state index in [1.54, 1.807) is 0 Å². The summed E-state index contributed by atoms with van der Waals surface area (Å²) in [5.74, 6) is 0. The highest BCUT2D eigenvalue weighted by Gasteiger charge is 2.13. The van der Waals surface area contributed by atoms with Crippen LogP contribution in [0.5, 0.6) is 0 Å². The van der Waals surface area contributed by atoms with Crippen molar-refractivity contribution in [2.75, 3.05) is 13.1 Å². The third-order valence-electron chi connectivity index (χ3n) is 6.55. The maximum absolute atomic E-state index is 10.9. The number of rotatable bonds is 11. The van der Waals surface area contributed by atoms with Crippen molar-refractivity contribution in [2.24, 2.45) is 0 Å². The summed E-state index contributed by atoms with van der Waals surface area (Å²) in [5.41, 5.74) is 2.26. The van der Waals surface area contributed by atoms with E-state index in [-0.39, 0.29) is 0 Å².